The van der Waals surface area contributed by atoms with Gasteiger partial charge in [-0.3, -0.25) is 0 Å². The van der Waals surface area contributed by atoms with Gasteiger partial charge in [0.25, 0.3) is 0 Å². The maximum Gasteiger partial charge on any atom is 0.138 e. The number of hydrogen-bond acceptors (Lipinski definition) is 3. The van der Waals surface area contributed by atoms with E-state index in [0.29, 0.717) is 5.56 Å². The lowest BCUT2D eigenvalue weighted by molar-refractivity contribution is 0.390. The Bertz CT molecular complexity index is 561. The second-order valence-corrected chi connectivity index (χ2v) is 4.58. The van der Waals surface area contributed by atoms with Gasteiger partial charge in [0, 0.05) is 23.7 Å². The number of halogens is 2. The average Bonchev–Trinajstić information content (AvgIpc) is 2.70. The van der Waals surface area contributed by atoms with Gasteiger partial charge in [-0.05, 0) is 39.0 Å². The van der Waals surface area contributed by atoms with Crippen LogP contribution in [0.3, 0.4) is 0 Å². The lowest BCUT2D eigenvalue weighted by Crippen LogP contribution is -2.19. The fourth-order valence-corrected chi connectivity index (χ4v) is 2.15. The molecular weight excluding hydrogens is 250 g/mol. The van der Waals surface area contributed by atoms with Crippen LogP contribution < -0.4 is 5.32 Å². The molecule has 0 aliphatic heterocycles. The molecule has 5 heteroatoms. The molecule has 1 heterocycles. The molecule has 0 fully saturated rings. The van der Waals surface area contributed by atoms with Crippen LogP contribution >= 0.6 is 0 Å². The third-order valence-electron chi connectivity index (χ3n) is 3.13. The van der Waals surface area contributed by atoms with Gasteiger partial charge in [0.2, 0.25) is 0 Å². The number of aryl methyl sites for hydroxylation is 2. The van der Waals surface area contributed by atoms with Crippen LogP contribution in [0.4, 0.5) is 8.78 Å². The second kappa shape index (κ2) is 5.48. The Morgan fingerprint density at radius 1 is 1.32 bits per heavy atom. The van der Waals surface area contributed by atoms with Gasteiger partial charge in [0.15, 0.2) is 0 Å². The number of nitrogens with one attached hydrogen (secondary N) is 1. The monoisotopic (exact) mass is 266 g/mol. The molecule has 102 valence electrons. The summed E-state index contributed by atoms with van der Waals surface area (Å²) in [6.45, 7) is 5.86. The topological polar surface area (TPSA) is 38.1 Å². The molecule has 0 radical (unpaired) electrons. The van der Waals surface area contributed by atoms with Gasteiger partial charge in [0.05, 0.1) is 5.69 Å². The Hall–Kier alpha value is -1.75. The molecule has 0 amide bonds. The quantitative estimate of drug-likeness (QED) is 0.921. The molecule has 1 unspecified atom stereocenters. The summed E-state index contributed by atoms with van der Waals surface area (Å²) in [6, 6.07) is 3.39. The van der Waals surface area contributed by atoms with Crippen LogP contribution in [0.1, 0.15) is 35.5 Å². The summed E-state index contributed by atoms with van der Waals surface area (Å²) < 4.78 is 31.6. The molecule has 0 spiro atoms. The first-order valence-corrected chi connectivity index (χ1v) is 6.09. The van der Waals surface area contributed by atoms with Gasteiger partial charge in [-0.2, -0.15) is 0 Å². The highest BCUT2D eigenvalue weighted by Crippen LogP contribution is 2.21. The number of rotatable bonds is 4. The van der Waals surface area contributed by atoms with Gasteiger partial charge in [-0.1, -0.05) is 5.16 Å². The molecule has 2 aromatic rings. The first-order valence-electron chi connectivity index (χ1n) is 6.09. The first kappa shape index (κ1) is 13.7. The van der Waals surface area contributed by atoms with Crippen molar-refractivity contribution in [2.45, 2.75) is 33.4 Å². The van der Waals surface area contributed by atoms with E-state index in [1.165, 1.54) is 6.07 Å². The maximum absolute atomic E-state index is 13.5. The van der Waals surface area contributed by atoms with E-state index in [4.69, 9.17) is 4.52 Å². The fourth-order valence-electron chi connectivity index (χ4n) is 2.15. The lowest BCUT2D eigenvalue weighted by Gasteiger charge is -2.14. The van der Waals surface area contributed by atoms with Crippen LogP contribution in [0.5, 0.6) is 0 Å². The van der Waals surface area contributed by atoms with E-state index in [9.17, 15) is 8.78 Å². The molecular formula is C14H16F2N2O. The third kappa shape index (κ3) is 2.98. The molecule has 0 aliphatic carbocycles. The Balaban J connectivity index is 2.08. The van der Waals surface area contributed by atoms with Gasteiger partial charge < -0.3 is 9.84 Å². The first-order chi connectivity index (χ1) is 8.99. The van der Waals surface area contributed by atoms with E-state index in [2.05, 4.69) is 10.5 Å². The zero-order valence-electron chi connectivity index (χ0n) is 11.1. The zero-order valence-corrected chi connectivity index (χ0v) is 11.1. The van der Waals surface area contributed by atoms with Crippen molar-refractivity contribution in [1.29, 1.82) is 0 Å². The minimum Gasteiger partial charge on any atom is -0.361 e. The Morgan fingerprint density at radius 2 is 2.05 bits per heavy atom. The summed E-state index contributed by atoms with van der Waals surface area (Å²) in [5, 5.41) is 7.02. The summed E-state index contributed by atoms with van der Waals surface area (Å²) in [6.07, 6.45) is 0. The van der Waals surface area contributed by atoms with Crippen LogP contribution in [-0.4, -0.2) is 5.16 Å². The fraction of sp³-hybridized carbons (Fsp3) is 0.357. The smallest absolute Gasteiger partial charge is 0.138 e. The molecule has 3 nitrogen and oxygen atoms in total. The Morgan fingerprint density at radius 3 is 2.68 bits per heavy atom. The number of aromatic nitrogens is 1. The van der Waals surface area contributed by atoms with E-state index in [0.717, 1.165) is 29.2 Å². The molecule has 1 aromatic heterocycles. The summed E-state index contributed by atoms with van der Waals surface area (Å²) in [4.78, 5) is 0. The number of benzene rings is 1. The van der Waals surface area contributed by atoms with Gasteiger partial charge in [-0.15, -0.1) is 0 Å². The summed E-state index contributed by atoms with van der Waals surface area (Å²) in [5.41, 5.74) is 2.06. The lowest BCUT2D eigenvalue weighted by atomic mass is 10.1. The summed E-state index contributed by atoms with van der Waals surface area (Å²) in [7, 11) is 0. The molecule has 0 saturated carbocycles. The van der Waals surface area contributed by atoms with Crippen LogP contribution in [0.15, 0.2) is 22.7 Å². The number of hydrogen-bond donors (Lipinski definition) is 1. The molecule has 0 bridgehead atoms. The molecule has 1 atom stereocenters. The minimum atomic E-state index is -0.441. The molecule has 2 rings (SSSR count). The highest BCUT2D eigenvalue weighted by Gasteiger charge is 2.16. The van der Waals surface area contributed by atoms with Crippen LogP contribution in [0.2, 0.25) is 0 Å². The highest BCUT2D eigenvalue weighted by molar-refractivity contribution is 5.25. The van der Waals surface area contributed by atoms with Gasteiger partial charge in [0.1, 0.15) is 17.4 Å². The zero-order chi connectivity index (χ0) is 14.0. The third-order valence-corrected chi connectivity index (χ3v) is 3.13. The summed E-state index contributed by atoms with van der Waals surface area (Å²) >= 11 is 0. The van der Waals surface area contributed by atoms with Gasteiger partial charge >= 0.3 is 0 Å². The minimum absolute atomic E-state index is 0.0473. The van der Waals surface area contributed by atoms with Gasteiger partial charge in [-0.25, -0.2) is 8.78 Å². The van der Waals surface area contributed by atoms with Crippen LogP contribution in [0.25, 0.3) is 0 Å². The van der Waals surface area contributed by atoms with Crippen molar-refractivity contribution in [3.05, 3.63) is 52.4 Å². The Kier molecular flexibility index (Phi) is 3.95. The Labute approximate surface area is 110 Å². The summed E-state index contributed by atoms with van der Waals surface area (Å²) in [5.74, 6) is -0.125. The predicted molar refractivity (Wildman–Crippen MR) is 67.6 cm³/mol. The average molecular weight is 266 g/mol. The largest absolute Gasteiger partial charge is 0.361 e. The molecule has 1 aromatic carbocycles. The SMILES string of the molecule is Cc1noc(C)c1C(C)NCc1cc(F)ccc1F. The van der Waals surface area contributed by atoms with Crippen molar-refractivity contribution in [3.63, 3.8) is 0 Å². The van der Waals surface area contributed by atoms with Crippen molar-refractivity contribution in [2.24, 2.45) is 0 Å². The van der Waals surface area contributed by atoms with E-state index in [1.54, 1.807) is 0 Å². The molecule has 19 heavy (non-hydrogen) atoms. The normalized spacial score (nSPS) is 12.7. The maximum atomic E-state index is 13.5. The van der Waals surface area contributed by atoms with Crippen molar-refractivity contribution >= 4 is 0 Å². The molecule has 1 N–H and O–H groups in total. The second-order valence-electron chi connectivity index (χ2n) is 4.58. The highest BCUT2D eigenvalue weighted by atomic mass is 19.1. The van der Waals surface area contributed by atoms with E-state index in [1.807, 2.05) is 20.8 Å². The van der Waals surface area contributed by atoms with Crippen molar-refractivity contribution in [1.82, 2.24) is 10.5 Å². The van der Waals surface area contributed by atoms with E-state index >= 15 is 0 Å². The van der Waals surface area contributed by atoms with Crippen molar-refractivity contribution in [2.75, 3.05) is 0 Å². The van der Waals surface area contributed by atoms with E-state index in [-0.39, 0.29) is 12.6 Å². The molecule has 0 aliphatic rings. The van der Waals surface area contributed by atoms with E-state index < -0.39 is 11.6 Å². The van der Waals surface area contributed by atoms with Crippen molar-refractivity contribution < 1.29 is 13.3 Å². The van der Waals surface area contributed by atoms with Crippen molar-refractivity contribution in [3.8, 4) is 0 Å². The standard InChI is InChI=1S/C14H16F2N2O/c1-8(14-9(2)18-19-10(14)3)17-7-11-6-12(15)4-5-13(11)16/h4-6,8,17H,7H2,1-3H3. The molecule has 0 saturated heterocycles. The van der Waals surface area contributed by atoms with Crippen LogP contribution in [-0.2, 0) is 6.54 Å². The predicted octanol–water partition coefficient (Wildman–Crippen LogP) is 3.42. The number of nitrogens with zero attached hydrogens (tertiary/aromatic N) is 1. The van der Waals surface area contributed by atoms with Crippen LogP contribution in [0, 0.1) is 25.5 Å².